The Morgan fingerprint density at radius 2 is 2.20 bits per heavy atom. The monoisotopic (exact) mass is 143 g/mol. The third-order valence-electron chi connectivity index (χ3n) is 0.745. The summed E-state index contributed by atoms with van der Waals surface area (Å²) >= 11 is 0. The van der Waals surface area contributed by atoms with E-state index in [2.05, 4.69) is 11.3 Å². The van der Waals surface area contributed by atoms with E-state index >= 15 is 0 Å². The average Bonchev–Trinajstić information content (AvgIpc) is 1.98. The van der Waals surface area contributed by atoms with E-state index in [1.807, 2.05) is 0 Å². The summed E-state index contributed by atoms with van der Waals surface area (Å²) < 4.78 is 4.36. The van der Waals surface area contributed by atoms with E-state index in [-0.39, 0.29) is 13.2 Å². The van der Waals surface area contributed by atoms with E-state index < -0.39 is 11.8 Å². The van der Waals surface area contributed by atoms with Gasteiger partial charge in [0.05, 0.1) is 6.54 Å². The van der Waals surface area contributed by atoms with Crippen molar-refractivity contribution in [3.05, 3.63) is 12.7 Å². The van der Waals surface area contributed by atoms with Gasteiger partial charge in [-0.3, -0.25) is 4.79 Å². The fourth-order valence-corrected chi connectivity index (χ4v) is 0.298. The van der Waals surface area contributed by atoms with Crippen LogP contribution in [0.25, 0.3) is 0 Å². The molecule has 2 N–H and O–H groups in total. The van der Waals surface area contributed by atoms with Gasteiger partial charge >= 0.3 is 5.97 Å². The van der Waals surface area contributed by atoms with Crippen molar-refractivity contribution in [2.45, 2.75) is 0 Å². The molecule has 4 heteroatoms. The fourth-order valence-electron chi connectivity index (χ4n) is 0.298. The molecular weight excluding hydrogens is 134 g/mol. The summed E-state index contributed by atoms with van der Waals surface area (Å²) in [6.45, 7) is 3.03. The Morgan fingerprint density at radius 1 is 1.60 bits per heavy atom. The highest BCUT2D eigenvalue weighted by Crippen LogP contribution is 1.79. The minimum atomic E-state index is -0.901. The average molecular weight is 143 g/mol. The van der Waals surface area contributed by atoms with E-state index in [1.54, 1.807) is 0 Å². The number of hydrogen-bond donors (Lipinski definition) is 1. The molecule has 0 fully saturated rings. The molecule has 10 heavy (non-hydrogen) atoms. The second-order valence-electron chi connectivity index (χ2n) is 1.51. The van der Waals surface area contributed by atoms with Crippen LogP contribution in [-0.4, -0.2) is 24.9 Å². The molecule has 0 spiro atoms. The molecule has 0 aliphatic carbocycles. The summed E-state index contributed by atoms with van der Waals surface area (Å²) in [6.07, 6.45) is 1.38. The molecule has 0 aromatic rings. The minimum Gasteiger partial charge on any atom is -0.456 e. The van der Waals surface area contributed by atoms with Gasteiger partial charge in [-0.15, -0.1) is 0 Å². The zero-order valence-electron chi connectivity index (χ0n) is 5.50. The van der Waals surface area contributed by atoms with Crippen LogP contribution in [0.2, 0.25) is 0 Å². The third kappa shape index (κ3) is 2.99. The number of ketones is 1. The lowest BCUT2D eigenvalue weighted by atomic mass is 10.4. The van der Waals surface area contributed by atoms with Gasteiger partial charge in [0, 0.05) is 0 Å². The number of carbonyl (C=O) groups is 2. The van der Waals surface area contributed by atoms with Gasteiger partial charge < -0.3 is 10.5 Å². The first kappa shape index (κ1) is 8.84. The molecule has 0 atom stereocenters. The first-order valence-electron chi connectivity index (χ1n) is 2.73. The van der Waals surface area contributed by atoms with Crippen LogP contribution in [0, 0.1) is 0 Å². The van der Waals surface area contributed by atoms with Gasteiger partial charge in [-0.05, 0) is 0 Å². The zero-order valence-corrected chi connectivity index (χ0v) is 5.50. The van der Waals surface area contributed by atoms with Gasteiger partial charge in [0.1, 0.15) is 6.61 Å². The lowest BCUT2D eigenvalue weighted by Crippen LogP contribution is -2.25. The van der Waals surface area contributed by atoms with Crippen LogP contribution < -0.4 is 5.73 Å². The summed E-state index contributed by atoms with van der Waals surface area (Å²) in [7, 11) is 0. The molecule has 0 aromatic heterocycles. The fraction of sp³-hybridized carbons (Fsp3) is 0.333. The maximum Gasteiger partial charge on any atom is 0.376 e. The Labute approximate surface area is 58.7 Å². The topological polar surface area (TPSA) is 69.4 Å². The summed E-state index contributed by atoms with van der Waals surface area (Å²) in [5, 5.41) is 0. The maximum absolute atomic E-state index is 10.4. The number of esters is 1. The minimum absolute atomic E-state index is 0.0462. The van der Waals surface area contributed by atoms with Crippen molar-refractivity contribution < 1.29 is 14.3 Å². The molecule has 0 aromatic carbocycles. The largest absolute Gasteiger partial charge is 0.456 e. The molecule has 0 heterocycles. The van der Waals surface area contributed by atoms with Crippen molar-refractivity contribution in [3.8, 4) is 0 Å². The SMILES string of the molecule is C=CCOC(=O)C(=O)CN. The van der Waals surface area contributed by atoms with Crippen LogP contribution in [0.3, 0.4) is 0 Å². The van der Waals surface area contributed by atoms with Crippen LogP contribution in [0.5, 0.6) is 0 Å². The molecule has 0 rings (SSSR count). The van der Waals surface area contributed by atoms with E-state index in [0.717, 1.165) is 0 Å². The zero-order chi connectivity index (χ0) is 7.98. The predicted molar refractivity (Wildman–Crippen MR) is 35.2 cm³/mol. The molecule has 0 aliphatic rings. The second kappa shape index (κ2) is 4.69. The number of nitrogens with two attached hydrogens (primary N) is 1. The molecule has 4 nitrogen and oxygen atoms in total. The summed E-state index contributed by atoms with van der Waals surface area (Å²) in [6, 6.07) is 0. The highest BCUT2D eigenvalue weighted by Gasteiger charge is 2.10. The van der Waals surface area contributed by atoms with Crippen LogP contribution in [0.1, 0.15) is 0 Å². The first-order valence-corrected chi connectivity index (χ1v) is 2.73. The van der Waals surface area contributed by atoms with Crippen molar-refractivity contribution in [2.75, 3.05) is 13.2 Å². The van der Waals surface area contributed by atoms with E-state index in [0.29, 0.717) is 0 Å². The first-order chi connectivity index (χ1) is 4.72. The molecule has 0 saturated heterocycles. The summed E-state index contributed by atoms with van der Waals surface area (Å²) in [5.74, 6) is -1.62. The van der Waals surface area contributed by atoms with E-state index in [9.17, 15) is 9.59 Å². The van der Waals surface area contributed by atoms with Gasteiger partial charge in [0.2, 0.25) is 0 Å². The van der Waals surface area contributed by atoms with Crippen molar-refractivity contribution in [1.29, 1.82) is 0 Å². The quantitative estimate of drug-likeness (QED) is 0.319. The predicted octanol–water partition coefficient (Wildman–Crippen LogP) is -0.757. The number of ether oxygens (including phenoxy) is 1. The maximum atomic E-state index is 10.4. The van der Waals surface area contributed by atoms with Crippen LogP contribution in [-0.2, 0) is 14.3 Å². The molecule has 0 saturated carbocycles. The van der Waals surface area contributed by atoms with Crippen molar-refractivity contribution in [2.24, 2.45) is 5.73 Å². The van der Waals surface area contributed by atoms with Crippen LogP contribution >= 0.6 is 0 Å². The van der Waals surface area contributed by atoms with Gasteiger partial charge in [-0.2, -0.15) is 0 Å². The van der Waals surface area contributed by atoms with Crippen molar-refractivity contribution in [1.82, 2.24) is 0 Å². The summed E-state index contributed by atoms with van der Waals surface area (Å²) in [4.78, 5) is 20.8. The van der Waals surface area contributed by atoms with Gasteiger partial charge in [-0.25, -0.2) is 4.79 Å². The normalized spacial score (nSPS) is 8.50. The smallest absolute Gasteiger partial charge is 0.376 e. The van der Waals surface area contributed by atoms with Crippen LogP contribution in [0.15, 0.2) is 12.7 Å². The lowest BCUT2D eigenvalue weighted by Gasteiger charge is -1.96. The number of Topliss-reactive ketones (excluding diaryl/α,β-unsaturated/α-hetero) is 1. The van der Waals surface area contributed by atoms with Crippen molar-refractivity contribution >= 4 is 11.8 Å². The molecular formula is C6H9NO3. The third-order valence-corrected chi connectivity index (χ3v) is 0.745. The Morgan fingerprint density at radius 3 is 2.60 bits per heavy atom. The molecule has 0 unspecified atom stereocenters. The number of rotatable bonds is 4. The standard InChI is InChI=1S/C6H9NO3/c1-2-3-10-6(9)5(8)4-7/h2H,1,3-4,7H2. The van der Waals surface area contributed by atoms with Gasteiger partial charge in [0.15, 0.2) is 0 Å². The molecule has 0 radical (unpaired) electrons. The van der Waals surface area contributed by atoms with Crippen molar-refractivity contribution in [3.63, 3.8) is 0 Å². The molecule has 56 valence electrons. The van der Waals surface area contributed by atoms with E-state index in [1.165, 1.54) is 6.08 Å². The molecule has 0 bridgehead atoms. The Kier molecular flexibility index (Phi) is 4.15. The lowest BCUT2D eigenvalue weighted by molar-refractivity contribution is -0.152. The Balaban J connectivity index is 3.62. The Bertz CT molecular complexity index is 153. The molecule has 0 aliphatic heterocycles. The number of carbonyl (C=O) groups excluding carboxylic acids is 2. The Hall–Kier alpha value is -1.16. The van der Waals surface area contributed by atoms with Gasteiger partial charge in [-0.1, -0.05) is 12.7 Å². The van der Waals surface area contributed by atoms with E-state index in [4.69, 9.17) is 5.73 Å². The van der Waals surface area contributed by atoms with Crippen LogP contribution in [0.4, 0.5) is 0 Å². The summed E-state index contributed by atoms with van der Waals surface area (Å²) in [5.41, 5.74) is 4.87. The second-order valence-corrected chi connectivity index (χ2v) is 1.51. The number of hydrogen-bond acceptors (Lipinski definition) is 4. The molecule has 0 amide bonds. The van der Waals surface area contributed by atoms with Gasteiger partial charge in [0.25, 0.3) is 5.78 Å². The highest BCUT2D eigenvalue weighted by atomic mass is 16.5. The highest BCUT2D eigenvalue weighted by molar-refractivity contribution is 6.34.